The van der Waals surface area contributed by atoms with Gasteiger partial charge in [0.25, 0.3) is 0 Å². The van der Waals surface area contributed by atoms with Crippen molar-refractivity contribution >= 4 is 23.7 Å². The van der Waals surface area contributed by atoms with Crippen LogP contribution in [0.2, 0.25) is 0 Å². The standard InChI is InChI=1S/C20H30N4O4/c1-12(14-6-4-3-5-7-14)23(2)20(28)24-17(19(26)27)15(18(24)25)10-13-8-9-22-16(21)11-13/h11-12,14-15,17H,3-10H2,1-2H3,(H2,21,22)(H,26,27). The molecule has 0 radical (unpaired) electrons. The van der Waals surface area contributed by atoms with Crippen molar-refractivity contribution in [3.8, 4) is 0 Å². The fourth-order valence-corrected chi connectivity index (χ4v) is 4.62. The zero-order valence-electron chi connectivity index (χ0n) is 16.6. The van der Waals surface area contributed by atoms with Gasteiger partial charge in [0.1, 0.15) is 5.84 Å². The zero-order chi connectivity index (χ0) is 20.4. The molecule has 2 fully saturated rings. The number of aliphatic carboxylic acids is 1. The number of nitrogens with zero attached hydrogens (tertiary/aromatic N) is 3. The fourth-order valence-electron chi connectivity index (χ4n) is 4.62. The third kappa shape index (κ3) is 3.91. The van der Waals surface area contributed by atoms with Crippen LogP contribution in [-0.4, -0.2) is 64.3 Å². The second-order valence-electron chi connectivity index (χ2n) is 8.19. The number of carboxylic acid groups (broad SMARTS) is 1. The van der Waals surface area contributed by atoms with Crippen LogP contribution in [0.15, 0.2) is 16.6 Å². The normalized spacial score (nSPS) is 26.8. The molecule has 0 aromatic heterocycles. The van der Waals surface area contributed by atoms with Gasteiger partial charge >= 0.3 is 12.0 Å². The van der Waals surface area contributed by atoms with Crippen LogP contribution in [0.4, 0.5) is 4.79 Å². The van der Waals surface area contributed by atoms with Crippen molar-refractivity contribution in [2.45, 2.75) is 64.0 Å². The van der Waals surface area contributed by atoms with Crippen LogP contribution in [0, 0.1) is 11.8 Å². The Hall–Kier alpha value is -2.38. The van der Waals surface area contributed by atoms with E-state index < -0.39 is 29.9 Å². The number of hydrogen-bond donors (Lipinski definition) is 2. The van der Waals surface area contributed by atoms with Gasteiger partial charge in [-0.05, 0) is 44.6 Å². The number of urea groups is 1. The van der Waals surface area contributed by atoms with Crippen molar-refractivity contribution in [3.05, 3.63) is 11.6 Å². The van der Waals surface area contributed by atoms with Crippen molar-refractivity contribution in [3.63, 3.8) is 0 Å². The van der Waals surface area contributed by atoms with Crippen LogP contribution in [0.3, 0.4) is 0 Å². The first-order chi connectivity index (χ1) is 13.3. The van der Waals surface area contributed by atoms with Gasteiger partial charge in [-0.1, -0.05) is 24.8 Å². The Balaban J connectivity index is 1.69. The first kappa shape index (κ1) is 20.4. The number of β-lactam (4-membered cyclic amide) rings is 1. The van der Waals surface area contributed by atoms with E-state index in [9.17, 15) is 19.5 Å². The van der Waals surface area contributed by atoms with Crippen molar-refractivity contribution in [1.82, 2.24) is 9.80 Å². The van der Waals surface area contributed by atoms with Crippen molar-refractivity contribution < 1.29 is 19.5 Å². The largest absolute Gasteiger partial charge is 0.480 e. The highest BCUT2D eigenvalue weighted by atomic mass is 16.4. The summed E-state index contributed by atoms with van der Waals surface area (Å²) in [6.07, 6.45) is 8.32. The Labute approximate surface area is 165 Å². The number of likely N-dealkylation sites (tertiary alicyclic amines) is 1. The molecule has 1 aliphatic carbocycles. The number of nitrogens with two attached hydrogens (primary N) is 1. The number of amides is 3. The van der Waals surface area contributed by atoms with Crippen LogP contribution in [-0.2, 0) is 9.59 Å². The highest BCUT2D eigenvalue weighted by Gasteiger charge is 2.55. The Morgan fingerprint density at radius 2 is 2.04 bits per heavy atom. The molecule has 3 aliphatic rings. The van der Waals surface area contributed by atoms with E-state index in [1.165, 1.54) is 6.42 Å². The highest BCUT2D eigenvalue weighted by molar-refractivity contribution is 6.07. The van der Waals surface area contributed by atoms with Gasteiger partial charge in [0.2, 0.25) is 5.91 Å². The van der Waals surface area contributed by atoms with Gasteiger partial charge in [-0.2, -0.15) is 0 Å². The number of rotatable bonds is 5. The molecule has 3 atom stereocenters. The molecule has 3 rings (SSSR count). The average molecular weight is 390 g/mol. The minimum atomic E-state index is -1.14. The predicted molar refractivity (Wildman–Crippen MR) is 105 cm³/mol. The van der Waals surface area contributed by atoms with E-state index in [0.29, 0.717) is 31.1 Å². The number of imide groups is 1. The molecule has 2 heterocycles. The molecule has 0 spiro atoms. The molecular weight excluding hydrogens is 360 g/mol. The molecule has 3 unspecified atom stereocenters. The second kappa shape index (κ2) is 8.32. The summed E-state index contributed by atoms with van der Waals surface area (Å²) in [7, 11) is 1.67. The zero-order valence-corrected chi connectivity index (χ0v) is 16.6. The van der Waals surface area contributed by atoms with Crippen molar-refractivity contribution in [2.75, 3.05) is 13.6 Å². The summed E-state index contributed by atoms with van der Waals surface area (Å²) < 4.78 is 0. The molecule has 8 nitrogen and oxygen atoms in total. The molecule has 1 saturated heterocycles. The van der Waals surface area contributed by atoms with Crippen LogP contribution in [0.1, 0.15) is 51.9 Å². The predicted octanol–water partition coefficient (Wildman–Crippen LogP) is 2.00. The fraction of sp³-hybridized carbons (Fsp3) is 0.700. The summed E-state index contributed by atoms with van der Waals surface area (Å²) in [5, 5.41) is 9.66. The number of carbonyl (C=O) groups excluding carboxylic acids is 2. The summed E-state index contributed by atoms with van der Waals surface area (Å²) in [6.45, 7) is 2.53. The molecule has 2 aliphatic heterocycles. The van der Waals surface area contributed by atoms with Gasteiger partial charge in [0.05, 0.1) is 5.92 Å². The summed E-state index contributed by atoms with van der Waals surface area (Å²) in [5.41, 5.74) is 6.62. The molecule has 0 aromatic carbocycles. The lowest BCUT2D eigenvalue weighted by Gasteiger charge is -2.46. The van der Waals surface area contributed by atoms with Gasteiger partial charge in [0.15, 0.2) is 6.04 Å². The first-order valence-electron chi connectivity index (χ1n) is 10.1. The maximum atomic E-state index is 12.9. The number of aliphatic imine (C=N–C) groups is 1. The third-order valence-electron chi connectivity index (χ3n) is 6.48. The average Bonchev–Trinajstić information content (AvgIpc) is 2.68. The van der Waals surface area contributed by atoms with E-state index >= 15 is 0 Å². The quantitative estimate of drug-likeness (QED) is 0.697. The minimum absolute atomic E-state index is 0.0221. The highest BCUT2D eigenvalue weighted by Crippen LogP contribution is 2.36. The summed E-state index contributed by atoms with van der Waals surface area (Å²) in [6, 6.07) is -1.65. The molecule has 28 heavy (non-hydrogen) atoms. The van der Waals surface area contributed by atoms with E-state index in [0.717, 1.165) is 36.2 Å². The third-order valence-corrected chi connectivity index (χ3v) is 6.48. The minimum Gasteiger partial charge on any atom is -0.480 e. The van der Waals surface area contributed by atoms with E-state index in [4.69, 9.17) is 5.73 Å². The smallest absolute Gasteiger partial charge is 0.327 e. The number of carbonyl (C=O) groups is 3. The van der Waals surface area contributed by atoms with Gasteiger partial charge in [-0.25, -0.2) is 14.5 Å². The van der Waals surface area contributed by atoms with Crippen molar-refractivity contribution in [1.29, 1.82) is 0 Å². The lowest BCUT2D eigenvalue weighted by atomic mass is 9.81. The number of hydrogen-bond acceptors (Lipinski definition) is 5. The SMILES string of the molecule is CC(C1CCCCC1)N(C)C(=O)N1C(=O)C(CC2=CC(N)=NCC2)C1C(=O)O. The summed E-state index contributed by atoms with van der Waals surface area (Å²) in [4.78, 5) is 44.0. The monoisotopic (exact) mass is 390 g/mol. The molecule has 154 valence electrons. The van der Waals surface area contributed by atoms with Crippen LogP contribution in [0.25, 0.3) is 0 Å². The lowest BCUT2D eigenvalue weighted by molar-refractivity contribution is -0.166. The molecule has 3 N–H and O–H groups in total. The maximum Gasteiger partial charge on any atom is 0.327 e. The van der Waals surface area contributed by atoms with E-state index in [1.807, 2.05) is 6.92 Å². The molecule has 1 saturated carbocycles. The Morgan fingerprint density at radius 1 is 1.36 bits per heavy atom. The van der Waals surface area contributed by atoms with Gasteiger partial charge in [-0.3, -0.25) is 9.79 Å². The van der Waals surface area contributed by atoms with E-state index in [-0.39, 0.29) is 6.04 Å². The molecule has 8 heteroatoms. The molecular formula is C20H30N4O4. The number of amidine groups is 1. The van der Waals surface area contributed by atoms with E-state index in [2.05, 4.69) is 4.99 Å². The molecule has 3 amide bonds. The van der Waals surface area contributed by atoms with E-state index in [1.54, 1.807) is 18.0 Å². The first-order valence-corrected chi connectivity index (χ1v) is 10.1. The second-order valence-corrected chi connectivity index (χ2v) is 8.19. The maximum absolute atomic E-state index is 12.9. The molecule has 0 aromatic rings. The summed E-state index contributed by atoms with van der Waals surface area (Å²) >= 11 is 0. The lowest BCUT2D eigenvalue weighted by Crippen LogP contribution is -2.69. The van der Waals surface area contributed by atoms with Crippen LogP contribution in [0.5, 0.6) is 0 Å². The Morgan fingerprint density at radius 3 is 2.64 bits per heavy atom. The van der Waals surface area contributed by atoms with Crippen LogP contribution < -0.4 is 5.73 Å². The number of carboxylic acids is 1. The number of dihydropyridines is 1. The summed E-state index contributed by atoms with van der Waals surface area (Å²) in [5.74, 6) is -1.49. The van der Waals surface area contributed by atoms with Gasteiger partial charge < -0.3 is 15.7 Å². The Kier molecular flexibility index (Phi) is 6.05. The van der Waals surface area contributed by atoms with Gasteiger partial charge in [0, 0.05) is 19.6 Å². The molecule has 0 bridgehead atoms. The van der Waals surface area contributed by atoms with Gasteiger partial charge in [-0.15, -0.1) is 0 Å². The topological polar surface area (TPSA) is 116 Å². The van der Waals surface area contributed by atoms with Crippen LogP contribution >= 0.6 is 0 Å². The Bertz CT molecular complexity index is 711. The van der Waals surface area contributed by atoms with Crippen molar-refractivity contribution in [2.24, 2.45) is 22.6 Å².